The molecule has 0 radical (unpaired) electrons. The molecule has 0 heterocycles. The predicted molar refractivity (Wildman–Crippen MR) is 83.2 cm³/mol. The second kappa shape index (κ2) is 6.13. The standard InChI is InChI=1S/C19H22O/c1-15-6-12-19(13-7-15)20-14-16-8-10-18(11-9-16)17-4-2-3-5-17/h6-13,17H,2-5,14H2,1H3. The van der Waals surface area contributed by atoms with Crippen molar-refractivity contribution in [2.24, 2.45) is 0 Å². The first-order valence-corrected chi connectivity index (χ1v) is 7.59. The molecule has 1 saturated carbocycles. The van der Waals surface area contributed by atoms with Crippen molar-refractivity contribution in [1.82, 2.24) is 0 Å². The van der Waals surface area contributed by atoms with E-state index < -0.39 is 0 Å². The van der Waals surface area contributed by atoms with Crippen LogP contribution in [0, 0.1) is 6.92 Å². The fraction of sp³-hybridized carbons (Fsp3) is 0.368. The van der Waals surface area contributed by atoms with Gasteiger partial charge in [0.2, 0.25) is 0 Å². The second-order valence-corrected chi connectivity index (χ2v) is 5.82. The third-order valence-electron chi connectivity index (χ3n) is 4.23. The molecule has 1 aliphatic rings. The Morgan fingerprint density at radius 2 is 1.55 bits per heavy atom. The van der Waals surface area contributed by atoms with Gasteiger partial charge in [-0.1, -0.05) is 54.8 Å². The van der Waals surface area contributed by atoms with Gasteiger partial charge in [0, 0.05) is 0 Å². The van der Waals surface area contributed by atoms with E-state index in [1.807, 2.05) is 12.1 Å². The zero-order chi connectivity index (χ0) is 13.8. The fourth-order valence-corrected chi connectivity index (χ4v) is 2.95. The monoisotopic (exact) mass is 266 g/mol. The summed E-state index contributed by atoms with van der Waals surface area (Å²) in [4.78, 5) is 0. The summed E-state index contributed by atoms with van der Waals surface area (Å²) in [6.45, 7) is 2.74. The van der Waals surface area contributed by atoms with Crippen molar-refractivity contribution >= 4 is 0 Å². The van der Waals surface area contributed by atoms with E-state index in [0.29, 0.717) is 6.61 Å². The van der Waals surface area contributed by atoms with E-state index >= 15 is 0 Å². The van der Waals surface area contributed by atoms with Crippen LogP contribution in [-0.2, 0) is 6.61 Å². The molecule has 1 aliphatic carbocycles. The Hall–Kier alpha value is -1.76. The largest absolute Gasteiger partial charge is 0.489 e. The molecule has 0 spiro atoms. The van der Waals surface area contributed by atoms with E-state index in [1.165, 1.54) is 42.4 Å². The lowest BCUT2D eigenvalue weighted by Crippen LogP contribution is -1.97. The van der Waals surface area contributed by atoms with Gasteiger partial charge in [0.1, 0.15) is 12.4 Å². The lowest BCUT2D eigenvalue weighted by molar-refractivity contribution is 0.306. The molecule has 0 N–H and O–H groups in total. The third-order valence-corrected chi connectivity index (χ3v) is 4.23. The van der Waals surface area contributed by atoms with Crippen LogP contribution in [0.2, 0.25) is 0 Å². The number of ether oxygens (including phenoxy) is 1. The number of hydrogen-bond acceptors (Lipinski definition) is 1. The first kappa shape index (κ1) is 13.2. The average Bonchev–Trinajstić information content (AvgIpc) is 3.01. The van der Waals surface area contributed by atoms with Gasteiger partial charge in [-0.2, -0.15) is 0 Å². The fourth-order valence-electron chi connectivity index (χ4n) is 2.95. The minimum atomic E-state index is 0.647. The van der Waals surface area contributed by atoms with Crippen LogP contribution < -0.4 is 4.74 Å². The Kier molecular flexibility index (Phi) is 4.05. The van der Waals surface area contributed by atoms with Crippen LogP contribution >= 0.6 is 0 Å². The summed E-state index contributed by atoms with van der Waals surface area (Å²) in [5.74, 6) is 1.73. The summed E-state index contributed by atoms with van der Waals surface area (Å²) in [7, 11) is 0. The van der Waals surface area contributed by atoms with Crippen molar-refractivity contribution in [3.05, 3.63) is 65.2 Å². The van der Waals surface area contributed by atoms with Crippen LogP contribution in [-0.4, -0.2) is 0 Å². The quantitative estimate of drug-likeness (QED) is 0.736. The minimum Gasteiger partial charge on any atom is -0.489 e. The van der Waals surface area contributed by atoms with E-state index in [1.54, 1.807) is 0 Å². The Morgan fingerprint density at radius 1 is 0.900 bits per heavy atom. The van der Waals surface area contributed by atoms with Gasteiger partial charge in [0.25, 0.3) is 0 Å². The lowest BCUT2D eigenvalue weighted by atomic mass is 9.97. The average molecular weight is 266 g/mol. The highest BCUT2D eigenvalue weighted by atomic mass is 16.5. The highest BCUT2D eigenvalue weighted by Crippen LogP contribution is 2.34. The molecule has 0 bridgehead atoms. The predicted octanol–water partition coefficient (Wildman–Crippen LogP) is 5.23. The molecule has 0 amide bonds. The van der Waals surface area contributed by atoms with Gasteiger partial charge in [-0.25, -0.2) is 0 Å². The van der Waals surface area contributed by atoms with Crippen molar-refractivity contribution in [1.29, 1.82) is 0 Å². The van der Waals surface area contributed by atoms with Crippen LogP contribution in [0.1, 0.15) is 48.3 Å². The van der Waals surface area contributed by atoms with Crippen LogP contribution in [0.15, 0.2) is 48.5 Å². The third kappa shape index (κ3) is 3.22. The van der Waals surface area contributed by atoms with E-state index in [0.717, 1.165) is 11.7 Å². The van der Waals surface area contributed by atoms with Crippen LogP contribution in [0.5, 0.6) is 5.75 Å². The molecule has 20 heavy (non-hydrogen) atoms. The molecule has 0 aromatic heterocycles. The van der Waals surface area contributed by atoms with Gasteiger partial charge in [0.05, 0.1) is 0 Å². The number of hydrogen-bond donors (Lipinski definition) is 0. The van der Waals surface area contributed by atoms with Gasteiger partial charge in [-0.15, -0.1) is 0 Å². The lowest BCUT2D eigenvalue weighted by Gasteiger charge is -2.11. The van der Waals surface area contributed by atoms with Crippen molar-refractivity contribution < 1.29 is 4.74 Å². The maximum Gasteiger partial charge on any atom is 0.119 e. The smallest absolute Gasteiger partial charge is 0.119 e. The summed E-state index contributed by atoms with van der Waals surface area (Å²) >= 11 is 0. The van der Waals surface area contributed by atoms with Crippen LogP contribution in [0.25, 0.3) is 0 Å². The van der Waals surface area contributed by atoms with Crippen LogP contribution in [0.3, 0.4) is 0 Å². The van der Waals surface area contributed by atoms with Crippen molar-refractivity contribution in [2.75, 3.05) is 0 Å². The van der Waals surface area contributed by atoms with Gasteiger partial charge in [-0.05, 0) is 48.9 Å². The van der Waals surface area contributed by atoms with E-state index in [-0.39, 0.29) is 0 Å². The van der Waals surface area contributed by atoms with Gasteiger partial charge in [-0.3, -0.25) is 0 Å². The molecule has 0 atom stereocenters. The summed E-state index contributed by atoms with van der Waals surface area (Å²) in [5.41, 5.74) is 4.01. The molecule has 1 fully saturated rings. The Balaban J connectivity index is 1.59. The maximum atomic E-state index is 5.81. The number of aryl methyl sites for hydroxylation is 1. The molecule has 0 aliphatic heterocycles. The highest BCUT2D eigenvalue weighted by Gasteiger charge is 2.16. The highest BCUT2D eigenvalue weighted by molar-refractivity contribution is 5.28. The maximum absolute atomic E-state index is 5.81. The summed E-state index contributed by atoms with van der Waals surface area (Å²) in [5, 5.41) is 0. The first-order valence-electron chi connectivity index (χ1n) is 7.59. The molecule has 1 heteroatoms. The van der Waals surface area contributed by atoms with Crippen LogP contribution in [0.4, 0.5) is 0 Å². The van der Waals surface area contributed by atoms with Crippen molar-refractivity contribution in [3.63, 3.8) is 0 Å². The number of rotatable bonds is 4. The van der Waals surface area contributed by atoms with Gasteiger partial charge in [0.15, 0.2) is 0 Å². The van der Waals surface area contributed by atoms with E-state index in [2.05, 4.69) is 43.3 Å². The van der Waals surface area contributed by atoms with E-state index in [9.17, 15) is 0 Å². The van der Waals surface area contributed by atoms with Gasteiger partial charge < -0.3 is 4.74 Å². The topological polar surface area (TPSA) is 9.23 Å². The minimum absolute atomic E-state index is 0.647. The Bertz CT molecular complexity index is 533. The van der Waals surface area contributed by atoms with E-state index in [4.69, 9.17) is 4.74 Å². The Labute approximate surface area is 121 Å². The SMILES string of the molecule is Cc1ccc(OCc2ccc(C3CCCC3)cc2)cc1. The Morgan fingerprint density at radius 3 is 2.20 bits per heavy atom. The molecule has 2 aromatic rings. The number of benzene rings is 2. The molecule has 2 aromatic carbocycles. The van der Waals surface area contributed by atoms with Gasteiger partial charge >= 0.3 is 0 Å². The zero-order valence-electron chi connectivity index (χ0n) is 12.1. The summed E-state index contributed by atoms with van der Waals surface area (Å²) in [6.07, 6.45) is 5.50. The first-order chi connectivity index (χ1) is 9.81. The molecule has 3 rings (SSSR count). The summed E-state index contributed by atoms with van der Waals surface area (Å²) < 4.78 is 5.81. The molecule has 0 saturated heterocycles. The molecular formula is C19H22O. The molecule has 1 nitrogen and oxygen atoms in total. The summed E-state index contributed by atoms with van der Waals surface area (Å²) in [6, 6.07) is 17.2. The normalized spacial score (nSPS) is 15.4. The zero-order valence-corrected chi connectivity index (χ0v) is 12.1. The molecule has 104 valence electrons. The molecular weight excluding hydrogens is 244 g/mol. The van der Waals surface area contributed by atoms with Crippen molar-refractivity contribution in [2.45, 2.75) is 45.1 Å². The van der Waals surface area contributed by atoms with Crippen molar-refractivity contribution in [3.8, 4) is 5.75 Å². The molecule has 0 unspecified atom stereocenters. The second-order valence-electron chi connectivity index (χ2n) is 5.82.